The molecule has 0 unspecified atom stereocenters. The Morgan fingerprint density at radius 2 is 1.68 bits per heavy atom. The van der Waals surface area contributed by atoms with Gasteiger partial charge in [0.2, 0.25) is 0 Å². The summed E-state index contributed by atoms with van der Waals surface area (Å²) in [6.07, 6.45) is -0.493. The van der Waals surface area contributed by atoms with Gasteiger partial charge in [-0.1, -0.05) is 48.5 Å². The number of benzene rings is 2. The lowest BCUT2D eigenvalue weighted by Crippen LogP contribution is -2.42. The molecule has 1 aromatic heterocycles. The van der Waals surface area contributed by atoms with Crippen LogP contribution >= 0.6 is 11.3 Å². The van der Waals surface area contributed by atoms with Crippen molar-refractivity contribution in [3.8, 4) is 11.1 Å². The van der Waals surface area contributed by atoms with Crippen molar-refractivity contribution in [1.29, 1.82) is 0 Å². The Labute approximate surface area is 166 Å². The van der Waals surface area contributed by atoms with Crippen molar-refractivity contribution >= 4 is 23.4 Å². The molecule has 4 rings (SSSR count). The van der Waals surface area contributed by atoms with E-state index in [2.05, 4.69) is 17.4 Å². The smallest absolute Gasteiger partial charge is 0.407 e. The number of amides is 1. The lowest BCUT2D eigenvalue weighted by molar-refractivity contribution is -0.139. The first-order chi connectivity index (χ1) is 13.6. The monoisotopic (exact) mass is 393 g/mol. The summed E-state index contributed by atoms with van der Waals surface area (Å²) in [7, 11) is 0. The van der Waals surface area contributed by atoms with Gasteiger partial charge in [0.15, 0.2) is 0 Å². The van der Waals surface area contributed by atoms with E-state index in [4.69, 9.17) is 4.74 Å². The predicted molar refractivity (Wildman–Crippen MR) is 108 cm³/mol. The summed E-state index contributed by atoms with van der Waals surface area (Å²) in [5.74, 6) is -1.14. The molecule has 0 aliphatic heterocycles. The van der Waals surface area contributed by atoms with E-state index in [0.29, 0.717) is 0 Å². The molecule has 2 N–H and O–H groups in total. The number of carbonyl (C=O) groups excluding carboxylic acids is 1. The second kappa shape index (κ2) is 7.86. The van der Waals surface area contributed by atoms with Crippen molar-refractivity contribution < 1.29 is 19.4 Å². The molecule has 1 atom stereocenters. The average Bonchev–Trinajstić information content (AvgIpc) is 3.32. The molecule has 0 bridgehead atoms. The van der Waals surface area contributed by atoms with Crippen molar-refractivity contribution in [2.45, 2.75) is 18.4 Å². The number of thiophene rings is 1. The van der Waals surface area contributed by atoms with Crippen molar-refractivity contribution in [2.75, 3.05) is 6.61 Å². The third-order valence-corrected chi connectivity index (χ3v) is 5.69. The minimum atomic E-state index is -1.08. The molecule has 1 aliphatic rings. The maximum absolute atomic E-state index is 12.3. The Morgan fingerprint density at radius 3 is 2.25 bits per heavy atom. The Balaban J connectivity index is 1.44. The van der Waals surface area contributed by atoms with Crippen molar-refractivity contribution in [3.05, 3.63) is 82.0 Å². The van der Waals surface area contributed by atoms with E-state index in [1.807, 2.05) is 53.2 Å². The Bertz CT molecular complexity index is 954. The minimum absolute atomic E-state index is 0.0571. The Hall–Kier alpha value is -3.12. The second-order valence-electron chi connectivity index (χ2n) is 6.70. The van der Waals surface area contributed by atoms with Crippen LogP contribution in [0.5, 0.6) is 0 Å². The number of carbonyl (C=O) groups is 2. The summed E-state index contributed by atoms with van der Waals surface area (Å²) in [5, 5.41) is 15.6. The lowest BCUT2D eigenvalue weighted by atomic mass is 9.98. The van der Waals surface area contributed by atoms with E-state index in [0.717, 1.165) is 27.8 Å². The van der Waals surface area contributed by atoms with Gasteiger partial charge in [0.25, 0.3) is 0 Å². The molecule has 5 nitrogen and oxygen atoms in total. The molecule has 1 aliphatic carbocycles. The number of hydrogen-bond donors (Lipinski definition) is 2. The van der Waals surface area contributed by atoms with E-state index in [1.54, 1.807) is 0 Å². The first-order valence-electron chi connectivity index (χ1n) is 8.99. The quantitative estimate of drug-likeness (QED) is 0.655. The standard InChI is InChI=1S/C22H19NO4S/c24-21(25)20(11-14-9-10-28-13-14)23-22(26)27-12-19-17-7-3-1-5-15(17)16-6-2-4-8-18(16)19/h1-10,13,19-20H,11-12H2,(H,23,26)(H,24,25)/t20-/m1/s1. The van der Waals surface area contributed by atoms with Crippen molar-refractivity contribution in [1.82, 2.24) is 5.32 Å². The number of carboxylic acid groups (broad SMARTS) is 1. The van der Waals surface area contributed by atoms with Gasteiger partial charge in [-0.3, -0.25) is 0 Å². The fourth-order valence-corrected chi connectivity index (χ4v) is 4.31. The second-order valence-corrected chi connectivity index (χ2v) is 7.48. The van der Waals surface area contributed by atoms with E-state index in [9.17, 15) is 14.7 Å². The highest BCUT2D eigenvalue weighted by Gasteiger charge is 2.29. The van der Waals surface area contributed by atoms with Crippen LogP contribution in [0, 0.1) is 0 Å². The fraction of sp³-hybridized carbons (Fsp3) is 0.182. The Kier molecular flexibility index (Phi) is 5.12. The average molecular weight is 393 g/mol. The van der Waals surface area contributed by atoms with Crippen LogP contribution in [0.1, 0.15) is 22.6 Å². The fourth-order valence-electron chi connectivity index (χ4n) is 3.63. The number of carboxylic acids is 1. The van der Waals surface area contributed by atoms with Gasteiger partial charge in [0, 0.05) is 12.3 Å². The van der Waals surface area contributed by atoms with Gasteiger partial charge in [-0.05, 0) is 44.6 Å². The number of alkyl carbamates (subject to hydrolysis) is 1. The molecular formula is C22H19NO4S. The normalized spacial score (nSPS) is 13.4. The molecule has 0 spiro atoms. The van der Waals surface area contributed by atoms with Crippen LogP contribution in [-0.2, 0) is 16.0 Å². The summed E-state index contributed by atoms with van der Waals surface area (Å²) in [5.41, 5.74) is 5.39. The van der Waals surface area contributed by atoms with Crippen LogP contribution in [0.15, 0.2) is 65.4 Å². The molecule has 142 valence electrons. The molecule has 3 aromatic rings. The highest BCUT2D eigenvalue weighted by atomic mass is 32.1. The van der Waals surface area contributed by atoms with Crippen LogP contribution in [0.4, 0.5) is 4.79 Å². The van der Waals surface area contributed by atoms with Crippen LogP contribution in [0.25, 0.3) is 11.1 Å². The number of rotatable bonds is 6. The maximum atomic E-state index is 12.3. The number of aliphatic carboxylic acids is 1. The van der Waals surface area contributed by atoms with Gasteiger partial charge in [-0.15, -0.1) is 0 Å². The van der Waals surface area contributed by atoms with E-state index >= 15 is 0 Å². The van der Waals surface area contributed by atoms with E-state index in [1.165, 1.54) is 11.3 Å². The zero-order chi connectivity index (χ0) is 19.5. The minimum Gasteiger partial charge on any atom is -0.480 e. The lowest BCUT2D eigenvalue weighted by Gasteiger charge is -2.17. The largest absolute Gasteiger partial charge is 0.480 e. The van der Waals surface area contributed by atoms with Gasteiger partial charge in [-0.2, -0.15) is 11.3 Å². The number of ether oxygens (including phenoxy) is 1. The van der Waals surface area contributed by atoms with Gasteiger partial charge < -0.3 is 15.2 Å². The highest BCUT2D eigenvalue weighted by Crippen LogP contribution is 2.44. The maximum Gasteiger partial charge on any atom is 0.407 e. The number of hydrogen-bond acceptors (Lipinski definition) is 4. The van der Waals surface area contributed by atoms with Crippen molar-refractivity contribution in [3.63, 3.8) is 0 Å². The number of nitrogens with one attached hydrogen (secondary N) is 1. The zero-order valence-corrected chi connectivity index (χ0v) is 15.8. The summed E-state index contributed by atoms with van der Waals surface area (Å²) in [4.78, 5) is 23.8. The molecular weight excluding hydrogens is 374 g/mol. The molecule has 0 fully saturated rings. The molecule has 0 saturated carbocycles. The molecule has 0 radical (unpaired) electrons. The summed E-state index contributed by atoms with van der Waals surface area (Å²) in [6.45, 7) is 0.157. The zero-order valence-electron chi connectivity index (χ0n) is 15.0. The third kappa shape index (κ3) is 3.64. The topological polar surface area (TPSA) is 75.6 Å². The third-order valence-electron chi connectivity index (χ3n) is 4.95. The summed E-state index contributed by atoms with van der Waals surface area (Å²) in [6, 6.07) is 17.0. The molecule has 1 heterocycles. The van der Waals surface area contributed by atoms with Crippen molar-refractivity contribution in [2.24, 2.45) is 0 Å². The molecule has 0 saturated heterocycles. The summed E-state index contributed by atoms with van der Waals surface area (Å²) >= 11 is 1.49. The van der Waals surface area contributed by atoms with Gasteiger partial charge in [0.05, 0.1) is 0 Å². The van der Waals surface area contributed by atoms with E-state index in [-0.39, 0.29) is 18.9 Å². The molecule has 2 aromatic carbocycles. The van der Waals surface area contributed by atoms with E-state index < -0.39 is 18.1 Å². The summed E-state index contributed by atoms with van der Waals surface area (Å²) < 4.78 is 5.43. The van der Waals surface area contributed by atoms with Crippen LogP contribution < -0.4 is 5.32 Å². The molecule has 6 heteroatoms. The first kappa shape index (κ1) is 18.3. The van der Waals surface area contributed by atoms with Gasteiger partial charge >= 0.3 is 12.1 Å². The predicted octanol–water partition coefficient (Wildman–Crippen LogP) is 4.28. The van der Waals surface area contributed by atoms with Gasteiger partial charge in [-0.25, -0.2) is 9.59 Å². The van der Waals surface area contributed by atoms with Gasteiger partial charge in [0.1, 0.15) is 12.6 Å². The van der Waals surface area contributed by atoms with Crippen LogP contribution in [-0.4, -0.2) is 29.8 Å². The molecule has 28 heavy (non-hydrogen) atoms. The van der Waals surface area contributed by atoms with Crippen LogP contribution in [0.3, 0.4) is 0 Å². The highest BCUT2D eigenvalue weighted by molar-refractivity contribution is 7.07. The Morgan fingerprint density at radius 1 is 1.04 bits per heavy atom. The SMILES string of the molecule is O=C(N[C@H](Cc1ccsc1)C(=O)O)OCC1c2ccccc2-c2ccccc21. The van der Waals surface area contributed by atoms with Crippen LogP contribution in [0.2, 0.25) is 0 Å². The number of fused-ring (bicyclic) bond motifs is 3. The molecule has 1 amide bonds. The first-order valence-corrected chi connectivity index (χ1v) is 9.93.